The minimum Gasteiger partial charge on any atom is -0.271 e. The van der Waals surface area contributed by atoms with E-state index in [1.807, 2.05) is 34.1 Å². The molecule has 0 saturated carbocycles. The highest BCUT2D eigenvalue weighted by Gasteiger charge is 2.23. The lowest BCUT2D eigenvalue weighted by atomic mass is 10.2. The molecule has 0 saturated heterocycles. The van der Waals surface area contributed by atoms with Crippen molar-refractivity contribution in [1.29, 1.82) is 0 Å². The third-order valence-corrected chi connectivity index (χ3v) is 3.98. The summed E-state index contributed by atoms with van der Waals surface area (Å²) >= 11 is 3.63. The number of nitrogens with one attached hydrogen (secondary N) is 2. The number of aryl methyl sites for hydroxylation is 1. The van der Waals surface area contributed by atoms with Crippen LogP contribution in [-0.2, 0) is 0 Å². The molecule has 1 aromatic carbocycles. The standard InChI is InChI=1S/C13H15BrN6/c1-3-19-13(16-17-18-19)10-8-15-20(12(10)14)11-7-5-4-6-9(11)2/h4-8,17-18H,3H2,1-2H3. The molecule has 2 heterocycles. The van der Waals surface area contributed by atoms with E-state index in [0.717, 1.165) is 28.2 Å². The van der Waals surface area contributed by atoms with Gasteiger partial charge in [0.15, 0.2) is 5.84 Å². The zero-order valence-corrected chi connectivity index (χ0v) is 12.8. The van der Waals surface area contributed by atoms with E-state index >= 15 is 0 Å². The van der Waals surface area contributed by atoms with Crippen molar-refractivity contribution in [3.8, 4) is 5.69 Å². The van der Waals surface area contributed by atoms with Crippen molar-refractivity contribution >= 4 is 21.8 Å². The Kier molecular flexibility index (Phi) is 3.45. The molecule has 0 bridgehead atoms. The van der Waals surface area contributed by atoms with Crippen molar-refractivity contribution in [2.75, 3.05) is 6.54 Å². The molecule has 6 nitrogen and oxygen atoms in total. The first kappa shape index (κ1) is 13.1. The second kappa shape index (κ2) is 5.26. The lowest BCUT2D eigenvalue weighted by Crippen LogP contribution is -2.40. The SMILES string of the molecule is CCN1NNN=C1c1cnn(-c2ccccc2C)c1Br. The maximum absolute atomic E-state index is 4.47. The van der Waals surface area contributed by atoms with Gasteiger partial charge in [0.2, 0.25) is 0 Å². The number of benzene rings is 1. The first-order valence-electron chi connectivity index (χ1n) is 6.38. The summed E-state index contributed by atoms with van der Waals surface area (Å²) in [5.41, 5.74) is 8.88. The molecule has 1 aliphatic rings. The van der Waals surface area contributed by atoms with Gasteiger partial charge in [-0.2, -0.15) is 5.10 Å². The Labute approximate surface area is 125 Å². The second-order valence-corrected chi connectivity index (χ2v) is 5.20. The van der Waals surface area contributed by atoms with E-state index < -0.39 is 0 Å². The van der Waals surface area contributed by atoms with Crippen LogP contribution in [0.15, 0.2) is 40.2 Å². The van der Waals surface area contributed by atoms with Gasteiger partial charge in [-0.25, -0.2) is 10.2 Å². The first-order valence-corrected chi connectivity index (χ1v) is 7.17. The molecule has 1 aromatic heterocycles. The van der Waals surface area contributed by atoms with Gasteiger partial charge in [0.25, 0.3) is 0 Å². The topological polar surface area (TPSA) is 57.5 Å². The molecule has 0 fully saturated rings. The molecule has 3 rings (SSSR count). The van der Waals surface area contributed by atoms with E-state index in [2.05, 4.69) is 57.1 Å². The van der Waals surface area contributed by atoms with Crippen molar-refractivity contribution in [1.82, 2.24) is 25.9 Å². The fraction of sp³-hybridized carbons (Fsp3) is 0.231. The second-order valence-electron chi connectivity index (χ2n) is 4.45. The monoisotopic (exact) mass is 334 g/mol. The molecule has 20 heavy (non-hydrogen) atoms. The Morgan fingerprint density at radius 3 is 2.85 bits per heavy atom. The third-order valence-electron chi connectivity index (χ3n) is 3.21. The summed E-state index contributed by atoms with van der Waals surface area (Å²) in [5.74, 6) is 0.819. The Bertz CT molecular complexity index is 663. The zero-order valence-electron chi connectivity index (χ0n) is 11.3. The summed E-state index contributed by atoms with van der Waals surface area (Å²) in [6.07, 6.45) is 1.81. The van der Waals surface area contributed by atoms with Crippen molar-refractivity contribution in [3.63, 3.8) is 0 Å². The molecule has 0 atom stereocenters. The Hall–Kier alpha value is -1.86. The maximum Gasteiger partial charge on any atom is 0.177 e. The van der Waals surface area contributed by atoms with E-state index in [-0.39, 0.29) is 0 Å². The van der Waals surface area contributed by atoms with Gasteiger partial charge in [0.1, 0.15) is 4.60 Å². The molecule has 104 valence electrons. The number of hydrazone groups is 1. The molecule has 2 N–H and O–H groups in total. The van der Waals surface area contributed by atoms with E-state index in [4.69, 9.17) is 0 Å². The van der Waals surface area contributed by atoms with E-state index in [9.17, 15) is 0 Å². The fourth-order valence-electron chi connectivity index (χ4n) is 2.14. The highest BCUT2D eigenvalue weighted by molar-refractivity contribution is 9.10. The molecule has 0 spiro atoms. The van der Waals surface area contributed by atoms with Gasteiger partial charge in [-0.3, -0.25) is 5.01 Å². The number of nitrogens with zero attached hydrogens (tertiary/aromatic N) is 4. The van der Waals surface area contributed by atoms with Crippen LogP contribution in [-0.4, -0.2) is 27.2 Å². The highest BCUT2D eigenvalue weighted by Crippen LogP contribution is 2.24. The molecule has 0 unspecified atom stereocenters. The van der Waals surface area contributed by atoms with Crippen LogP contribution in [0.2, 0.25) is 0 Å². The molecule has 7 heteroatoms. The van der Waals surface area contributed by atoms with Crippen LogP contribution >= 0.6 is 15.9 Å². The van der Waals surface area contributed by atoms with Crippen LogP contribution in [0.3, 0.4) is 0 Å². The van der Waals surface area contributed by atoms with Gasteiger partial charge >= 0.3 is 0 Å². The number of hydrogen-bond donors (Lipinski definition) is 2. The van der Waals surface area contributed by atoms with Crippen molar-refractivity contribution in [2.24, 2.45) is 5.10 Å². The minimum atomic E-state index is 0.799. The van der Waals surface area contributed by atoms with Gasteiger partial charge < -0.3 is 0 Å². The number of hydrazine groups is 2. The summed E-state index contributed by atoms with van der Waals surface area (Å²) < 4.78 is 2.76. The summed E-state index contributed by atoms with van der Waals surface area (Å²) in [6.45, 7) is 4.92. The number of halogens is 1. The number of para-hydroxylation sites is 1. The molecule has 0 radical (unpaired) electrons. The van der Waals surface area contributed by atoms with Crippen LogP contribution in [0.4, 0.5) is 0 Å². The van der Waals surface area contributed by atoms with Crippen molar-refractivity contribution < 1.29 is 0 Å². The number of aromatic nitrogens is 2. The molecule has 1 aliphatic heterocycles. The fourth-order valence-corrected chi connectivity index (χ4v) is 2.70. The van der Waals surface area contributed by atoms with Crippen molar-refractivity contribution in [3.05, 3.63) is 46.2 Å². The first-order chi connectivity index (χ1) is 9.72. The highest BCUT2D eigenvalue weighted by atomic mass is 79.9. The number of amidine groups is 1. The van der Waals surface area contributed by atoms with Crippen molar-refractivity contribution in [2.45, 2.75) is 13.8 Å². The summed E-state index contributed by atoms with van der Waals surface area (Å²) in [4.78, 5) is 0. The quantitative estimate of drug-likeness (QED) is 0.900. The zero-order chi connectivity index (χ0) is 14.1. The molecule has 0 aliphatic carbocycles. The van der Waals surface area contributed by atoms with Gasteiger partial charge in [-0.15, -0.1) is 10.6 Å². The van der Waals surface area contributed by atoms with Crippen LogP contribution in [0.25, 0.3) is 5.69 Å². The van der Waals surface area contributed by atoms with E-state index in [1.54, 1.807) is 0 Å². The van der Waals surface area contributed by atoms with E-state index in [1.165, 1.54) is 5.56 Å². The predicted molar refractivity (Wildman–Crippen MR) is 81.2 cm³/mol. The van der Waals surface area contributed by atoms with Crippen LogP contribution in [0, 0.1) is 6.92 Å². The maximum atomic E-state index is 4.47. The smallest absolute Gasteiger partial charge is 0.177 e. The molecule has 2 aromatic rings. The van der Waals surface area contributed by atoms with Gasteiger partial charge in [-0.05, 0) is 41.4 Å². The van der Waals surface area contributed by atoms with Crippen LogP contribution < -0.4 is 11.1 Å². The summed E-state index contributed by atoms with van der Waals surface area (Å²) in [5, 5.41) is 10.6. The van der Waals surface area contributed by atoms with Crippen LogP contribution in [0.1, 0.15) is 18.1 Å². The van der Waals surface area contributed by atoms with Gasteiger partial charge in [-0.1, -0.05) is 18.2 Å². The lowest BCUT2D eigenvalue weighted by Gasteiger charge is -2.15. The van der Waals surface area contributed by atoms with Gasteiger partial charge in [0.05, 0.1) is 17.4 Å². The van der Waals surface area contributed by atoms with E-state index in [0.29, 0.717) is 0 Å². The summed E-state index contributed by atoms with van der Waals surface area (Å²) in [6, 6.07) is 8.13. The molecule has 0 amide bonds. The number of hydrogen-bond acceptors (Lipinski definition) is 5. The Balaban J connectivity index is 2.04. The Morgan fingerprint density at radius 1 is 1.30 bits per heavy atom. The Morgan fingerprint density at radius 2 is 2.10 bits per heavy atom. The normalized spacial score (nSPS) is 14.3. The average molecular weight is 335 g/mol. The van der Waals surface area contributed by atoms with Gasteiger partial charge in [0, 0.05) is 6.54 Å². The average Bonchev–Trinajstić information content (AvgIpc) is 3.05. The number of rotatable bonds is 3. The predicted octanol–water partition coefficient (Wildman–Crippen LogP) is 1.95. The van der Waals surface area contributed by atoms with Crippen LogP contribution in [0.5, 0.6) is 0 Å². The minimum absolute atomic E-state index is 0.799. The molecular weight excluding hydrogens is 320 g/mol. The largest absolute Gasteiger partial charge is 0.271 e. The lowest BCUT2D eigenvalue weighted by molar-refractivity contribution is 0.308. The summed E-state index contributed by atoms with van der Waals surface area (Å²) in [7, 11) is 0. The molecular formula is C13H15BrN6. The third kappa shape index (κ3) is 2.08.